The number of ether oxygens (including phenoxy) is 2. The number of aliphatic hydroxyl groups excluding tert-OH is 5. The van der Waals surface area contributed by atoms with Gasteiger partial charge in [-0.05, 0) is 0 Å². The first-order valence-electron chi connectivity index (χ1n) is 8.32. The van der Waals surface area contributed by atoms with E-state index in [1.165, 1.54) is 0 Å². The van der Waals surface area contributed by atoms with Crippen molar-refractivity contribution >= 4 is 10.9 Å². The van der Waals surface area contributed by atoms with Crippen LogP contribution in [0.5, 0.6) is 0 Å². The zero-order chi connectivity index (χ0) is 18.0. The van der Waals surface area contributed by atoms with Gasteiger partial charge in [0.05, 0.1) is 13.2 Å². The summed E-state index contributed by atoms with van der Waals surface area (Å²) in [6, 6.07) is 9.28. The van der Waals surface area contributed by atoms with Crippen molar-refractivity contribution in [2.45, 2.75) is 42.1 Å². The third-order valence-corrected chi connectivity index (χ3v) is 7.51. The van der Waals surface area contributed by atoms with Crippen LogP contribution in [-0.4, -0.2) is 86.0 Å². The molecule has 0 radical (unpaired) electrons. The van der Waals surface area contributed by atoms with Crippen molar-refractivity contribution in [2.75, 3.05) is 24.7 Å². The van der Waals surface area contributed by atoms with Gasteiger partial charge in [-0.15, -0.1) is 0 Å². The van der Waals surface area contributed by atoms with Crippen LogP contribution in [0.1, 0.15) is 11.9 Å². The Kier molecular flexibility index (Phi) is 8.14. The predicted molar refractivity (Wildman–Crippen MR) is 92.0 cm³/mol. The summed E-state index contributed by atoms with van der Waals surface area (Å²) in [4.78, 5) is 0. The van der Waals surface area contributed by atoms with E-state index in [1.54, 1.807) is 0 Å². The Morgan fingerprint density at radius 1 is 1.12 bits per heavy atom. The maximum Gasteiger partial charge on any atom is 0.184 e. The van der Waals surface area contributed by atoms with Gasteiger partial charge in [-0.2, -0.15) is 0 Å². The van der Waals surface area contributed by atoms with Gasteiger partial charge in [-0.3, -0.25) is 0 Å². The lowest BCUT2D eigenvalue weighted by atomic mass is 10.1. The normalized spacial score (nSPS) is 38.6. The van der Waals surface area contributed by atoms with E-state index in [1.807, 2.05) is 30.3 Å². The first-order chi connectivity index (χ1) is 12.0. The summed E-state index contributed by atoms with van der Waals surface area (Å²) in [7, 11) is -0.560. The summed E-state index contributed by atoms with van der Waals surface area (Å²) in [5, 5.41) is 49.4. The molecule has 0 saturated carbocycles. The highest BCUT2D eigenvalue weighted by Gasteiger charge is 2.51. The number of benzene rings is 1. The molecule has 2 fully saturated rings. The van der Waals surface area contributed by atoms with E-state index in [4.69, 9.17) is 9.47 Å². The summed E-state index contributed by atoms with van der Waals surface area (Å²) in [5.74, 6) is 0.563. The monoisotopic (exact) mass is 408 g/mol. The van der Waals surface area contributed by atoms with Crippen molar-refractivity contribution in [3.8, 4) is 0 Å². The van der Waals surface area contributed by atoms with E-state index >= 15 is 0 Å². The second kappa shape index (κ2) is 9.68. The van der Waals surface area contributed by atoms with E-state index in [0.29, 0.717) is 5.75 Å². The molecule has 2 aliphatic rings. The van der Waals surface area contributed by atoms with Gasteiger partial charge in [0.25, 0.3) is 0 Å². The van der Waals surface area contributed by atoms with Crippen molar-refractivity contribution in [1.82, 2.24) is 0 Å². The molecule has 0 aliphatic carbocycles. The fraction of sp³-hybridized carbons (Fsp3) is 0.647. The predicted octanol–water partition coefficient (Wildman–Crippen LogP) is -4.46. The van der Waals surface area contributed by atoms with Crippen molar-refractivity contribution in [3.63, 3.8) is 0 Å². The van der Waals surface area contributed by atoms with E-state index in [0.717, 1.165) is 5.56 Å². The Labute approximate surface area is 161 Å². The minimum Gasteiger partial charge on any atom is -1.00 e. The molecular weight excluding hydrogens is 384 g/mol. The third-order valence-electron chi connectivity index (χ3n) is 4.68. The Morgan fingerprint density at radius 2 is 1.81 bits per heavy atom. The average Bonchev–Trinajstić information content (AvgIpc) is 2.89. The minimum absolute atomic E-state index is 0. The van der Waals surface area contributed by atoms with Gasteiger partial charge in [0.1, 0.15) is 42.0 Å². The van der Waals surface area contributed by atoms with Crippen molar-refractivity contribution in [1.29, 1.82) is 0 Å². The molecule has 5 N–H and O–H groups in total. The smallest absolute Gasteiger partial charge is 0.184 e. The lowest BCUT2D eigenvalue weighted by Gasteiger charge is -2.36. The molecule has 0 bridgehead atoms. The van der Waals surface area contributed by atoms with Crippen LogP contribution in [0.2, 0.25) is 0 Å². The summed E-state index contributed by atoms with van der Waals surface area (Å²) in [6.45, 7) is -0.207. The molecule has 26 heavy (non-hydrogen) atoms. The second-order valence-corrected chi connectivity index (χ2v) is 8.81. The highest BCUT2D eigenvalue weighted by atomic mass is 35.5. The number of hydrogen-bond acceptors (Lipinski definition) is 7. The van der Waals surface area contributed by atoms with Crippen LogP contribution in [0.25, 0.3) is 0 Å². The van der Waals surface area contributed by atoms with E-state index < -0.39 is 53.0 Å². The second-order valence-electron chi connectivity index (χ2n) is 6.46. The van der Waals surface area contributed by atoms with E-state index in [2.05, 4.69) is 0 Å². The van der Waals surface area contributed by atoms with Crippen LogP contribution < -0.4 is 12.4 Å². The quantitative estimate of drug-likeness (QED) is 0.312. The van der Waals surface area contributed by atoms with Crippen LogP contribution in [-0.2, 0) is 20.4 Å². The summed E-state index contributed by atoms with van der Waals surface area (Å²) >= 11 is 0. The van der Waals surface area contributed by atoms with Crippen LogP contribution in [0, 0.1) is 0 Å². The molecule has 2 unspecified atom stereocenters. The molecule has 2 saturated heterocycles. The molecule has 7 nitrogen and oxygen atoms in total. The maximum atomic E-state index is 10.6. The van der Waals surface area contributed by atoms with Crippen molar-refractivity contribution in [2.24, 2.45) is 0 Å². The van der Waals surface area contributed by atoms with Crippen LogP contribution >= 0.6 is 0 Å². The topological polar surface area (TPSA) is 120 Å². The standard InChI is InChI=1S/C17H25O7S.ClH/c18-6-14-15(22)12(20)8-25(14)9-13(21)16-11(19)7-23-17(24-16)10-4-2-1-3-5-10;/h1-5,11-22H,6-9H2;1H/q+1;/p-1/t11-,12-,13-,14-,15+,16+,17?,25?;/m1./s1. The first-order valence-corrected chi connectivity index (χ1v) is 9.95. The van der Waals surface area contributed by atoms with Crippen molar-refractivity contribution < 1.29 is 47.4 Å². The molecule has 9 heteroatoms. The van der Waals surface area contributed by atoms with Crippen LogP contribution in [0.15, 0.2) is 30.3 Å². The largest absolute Gasteiger partial charge is 1.00 e. The molecule has 1 aromatic carbocycles. The highest BCUT2D eigenvalue weighted by Crippen LogP contribution is 2.30. The molecule has 1 aromatic rings. The van der Waals surface area contributed by atoms with Crippen molar-refractivity contribution in [3.05, 3.63) is 35.9 Å². The average molecular weight is 409 g/mol. The van der Waals surface area contributed by atoms with Crippen LogP contribution in [0.4, 0.5) is 0 Å². The van der Waals surface area contributed by atoms with E-state index in [-0.39, 0.29) is 31.4 Å². The molecule has 3 rings (SSSR count). The van der Waals surface area contributed by atoms with Gasteiger partial charge in [0.15, 0.2) is 11.5 Å². The molecule has 0 amide bonds. The zero-order valence-electron chi connectivity index (χ0n) is 14.1. The van der Waals surface area contributed by atoms with Gasteiger partial charge in [0, 0.05) is 16.5 Å². The maximum absolute atomic E-state index is 10.6. The summed E-state index contributed by atoms with van der Waals surface area (Å²) < 4.78 is 11.3. The first kappa shape index (κ1) is 21.9. The SMILES string of the molecule is OC[C@@H]1[C@@H](O)[C@H](O)C[S+]1C[C@@H](O)[C@H]1OC(c2ccccc2)OC[C@H]1O.[Cl-]. The van der Waals surface area contributed by atoms with Crippen LogP contribution in [0.3, 0.4) is 0 Å². The molecule has 2 aliphatic heterocycles. The fourth-order valence-corrected chi connectivity index (χ4v) is 5.97. The molecule has 2 heterocycles. The number of hydrogen-bond donors (Lipinski definition) is 5. The molecule has 148 valence electrons. The third kappa shape index (κ3) is 4.70. The number of aliphatic hydroxyl groups is 5. The van der Waals surface area contributed by atoms with Gasteiger partial charge in [-0.25, -0.2) is 0 Å². The van der Waals surface area contributed by atoms with Gasteiger partial charge >= 0.3 is 0 Å². The van der Waals surface area contributed by atoms with Gasteiger partial charge < -0.3 is 47.4 Å². The summed E-state index contributed by atoms with van der Waals surface area (Å²) in [6.07, 6.45) is -5.34. The molecular formula is C17H25ClO7S. The molecule has 8 atom stereocenters. The lowest BCUT2D eigenvalue weighted by molar-refractivity contribution is -0.273. The number of rotatable bonds is 5. The van der Waals surface area contributed by atoms with Gasteiger partial charge in [-0.1, -0.05) is 30.3 Å². The molecule has 0 aromatic heterocycles. The number of halogens is 1. The lowest BCUT2D eigenvalue weighted by Crippen LogP contribution is -3.00. The minimum atomic E-state index is -0.988. The Hall–Kier alpha value is -0.420. The zero-order valence-corrected chi connectivity index (χ0v) is 15.7. The highest BCUT2D eigenvalue weighted by molar-refractivity contribution is 7.97. The Balaban J connectivity index is 0.00000243. The fourth-order valence-electron chi connectivity index (χ4n) is 3.29. The van der Waals surface area contributed by atoms with E-state index in [9.17, 15) is 25.5 Å². The molecule has 0 spiro atoms. The Bertz CT molecular complexity index is 551. The van der Waals surface area contributed by atoms with Gasteiger partial charge in [0.2, 0.25) is 0 Å². The Morgan fingerprint density at radius 3 is 2.46 bits per heavy atom. The summed E-state index contributed by atoms with van der Waals surface area (Å²) in [5.41, 5.74) is 0.800.